The van der Waals surface area contributed by atoms with Crippen LogP contribution in [0.4, 0.5) is 5.95 Å². The van der Waals surface area contributed by atoms with Crippen LogP contribution in [0.15, 0.2) is 59.4 Å². The van der Waals surface area contributed by atoms with E-state index >= 15 is 0 Å². The molecule has 1 amide bonds. The van der Waals surface area contributed by atoms with Crippen molar-refractivity contribution in [3.8, 4) is 0 Å². The van der Waals surface area contributed by atoms with E-state index in [0.717, 1.165) is 16.7 Å². The number of hydrogen-bond donors (Lipinski definition) is 1. The molecule has 7 heteroatoms. The fourth-order valence-electron chi connectivity index (χ4n) is 3.38. The zero-order valence-electron chi connectivity index (χ0n) is 17.2. The van der Waals surface area contributed by atoms with E-state index in [1.165, 1.54) is 16.3 Å². The molecule has 0 atom stereocenters. The highest BCUT2D eigenvalue weighted by Crippen LogP contribution is 2.16. The van der Waals surface area contributed by atoms with Gasteiger partial charge in [0.2, 0.25) is 11.9 Å². The molecule has 0 fully saturated rings. The molecule has 0 saturated carbocycles. The molecule has 2 aromatic carbocycles. The Morgan fingerprint density at radius 2 is 1.70 bits per heavy atom. The van der Waals surface area contributed by atoms with Crippen LogP contribution in [-0.4, -0.2) is 25.5 Å². The third-order valence-electron chi connectivity index (χ3n) is 5.10. The largest absolute Gasteiger partial charge is 0.277 e. The van der Waals surface area contributed by atoms with Gasteiger partial charge in [-0.25, -0.2) is 4.98 Å². The van der Waals surface area contributed by atoms with Crippen LogP contribution in [0.1, 0.15) is 34.9 Å². The second-order valence-corrected chi connectivity index (χ2v) is 7.42. The molecule has 2 heterocycles. The standard InChI is InChI=1S/C23H23N5O2/c1-15-9-11-19(12-10-15)14-27(17(3)29)23-25-22-24-16(2)20(21(30)28(22)26-23)13-18-7-5-4-6-8-18/h4-12H,13-14H2,1-3H3,(H,24,25,26). The van der Waals surface area contributed by atoms with Crippen LogP contribution in [-0.2, 0) is 17.8 Å². The number of aryl methyl sites for hydroxylation is 2. The van der Waals surface area contributed by atoms with Crippen LogP contribution >= 0.6 is 0 Å². The van der Waals surface area contributed by atoms with E-state index in [4.69, 9.17) is 0 Å². The molecule has 0 aliphatic heterocycles. The van der Waals surface area contributed by atoms with Crippen LogP contribution in [0.2, 0.25) is 0 Å². The summed E-state index contributed by atoms with van der Waals surface area (Å²) < 4.78 is 1.31. The number of hydrogen-bond acceptors (Lipinski definition) is 4. The number of fused-ring (bicyclic) bond motifs is 1. The Hall–Kier alpha value is -3.74. The molecule has 0 radical (unpaired) electrons. The molecule has 2 aromatic heterocycles. The van der Waals surface area contributed by atoms with Crippen LogP contribution in [0.3, 0.4) is 0 Å². The van der Waals surface area contributed by atoms with Crippen LogP contribution in [0, 0.1) is 13.8 Å². The lowest BCUT2D eigenvalue weighted by atomic mass is 10.1. The monoisotopic (exact) mass is 401 g/mol. The molecular formula is C23H23N5O2. The predicted octanol–water partition coefficient (Wildman–Crippen LogP) is 3.18. The van der Waals surface area contributed by atoms with E-state index in [9.17, 15) is 9.59 Å². The van der Waals surface area contributed by atoms with Gasteiger partial charge >= 0.3 is 0 Å². The normalized spacial score (nSPS) is 11.0. The van der Waals surface area contributed by atoms with Crippen LogP contribution in [0.5, 0.6) is 0 Å². The number of anilines is 1. The van der Waals surface area contributed by atoms with Gasteiger partial charge in [-0.1, -0.05) is 60.2 Å². The molecule has 30 heavy (non-hydrogen) atoms. The highest BCUT2D eigenvalue weighted by atomic mass is 16.2. The topological polar surface area (TPSA) is 83.4 Å². The minimum Gasteiger partial charge on any atom is -0.277 e. The first-order chi connectivity index (χ1) is 14.4. The maximum absolute atomic E-state index is 13.1. The maximum Gasteiger partial charge on any atom is 0.277 e. The number of H-pyrrole nitrogens is 1. The predicted molar refractivity (Wildman–Crippen MR) is 116 cm³/mol. The van der Waals surface area contributed by atoms with Gasteiger partial charge in [-0.2, -0.15) is 9.50 Å². The second kappa shape index (κ2) is 7.94. The van der Waals surface area contributed by atoms with E-state index in [-0.39, 0.29) is 17.2 Å². The number of nitrogens with one attached hydrogen (secondary N) is 1. The van der Waals surface area contributed by atoms with Crippen molar-refractivity contribution >= 4 is 17.6 Å². The summed E-state index contributed by atoms with van der Waals surface area (Å²) in [7, 11) is 0. The summed E-state index contributed by atoms with van der Waals surface area (Å²) in [6, 6.07) is 17.7. The third-order valence-corrected chi connectivity index (χ3v) is 5.10. The van der Waals surface area contributed by atoms with E-state index in [2.05, 4.69) is 15.1 Å². The molecule has 0 saturated heterocycles. The summed E-state index contributed by atoms with van der Waals surface area (Å²) in [5.41, 5.74) is 4.17. The fraction of sp³-hybridized carbons (Fsp3) is 0.217. The number of rotatable bonds is 5. The van der Waals surface area contributed by atoms with Gasteiger partial charge in [-0.15, -0.1) is 0 Å². The van der Waals surface area contributed by atoms with E-state index in [1.54, 1.807) is 0 Å². The molecule has 152 valence electrons. The number of carbonyl (C=O) groups excluding carboxylic acids is 1. The summed E-state index contributed by atoms with van der Waals surface area (Å²) in [6.07, 6.45) is 0.482. The lowest BCUT2D eigenvalue weighted by Gasteiger charge is -2.17. The Balaban J connectivity index is 1.72. The second-order valence-electron chi connectivity index (χ2n) is 7.42. The van der Waals surface area contributed by atoms with Gasteiger partial charge in [-0.3, -0.25) is 19.6 Å². The molecule has 0 spiro atoms. The summed E-state index contributed by atoms with van der Waals surface area (Å²) in [5, 5.41) is 2.97. The lowest BCUT2D eigenvalue weighted by Crippen LogP contribution is -2.29. The van der Waals surface area contributed by atoms with Crippen molar-refractivity contribution < 1.29 is 4.79 Å². The maximum atomic E-state index is 13.1. The average molecular weight is 401 g/mol. The minimum absolute atomic E-state index is 0.177. The van der Waals surface area contributed by atoms with Gasteiger partial charge in [0.05, 0.1) is 12.2 Å². The van der Waals surface area contributed by atoms with Gasteiger partial charge in [0.1, 0.15) is 0 Å². The molecule has 0 bridgehead atoms. The van der Waals surface area contributed by atoms with Gasteiger partial charge in [0.25, 0.3) is 11.3 Å². The number of carbonyl (C=O) groups is 1. The first kappa shape index (κ1) is 19.6. The molecule has 7 nitrogen and oxygen atoms in total. The van der Waals surface area contributed by atoms with Crippen molar-refractivity contribution in [2.75, 3.05) is 4.90 Å². The van der Waals surface area contributed by atoms with E-state index in [0.29, 0.717) is 30.2 Å². The summed E-state index contributed by atoms with van der Waals surface area (Å²) in [5.74, 6) is 0.368. The van der Waals surface area contributed by atoms with Gasteiger partial charge in [0, 0.05) is 18.9 Å². The average Bonchev–Trinajstić information content (AvgIpc) is 3.15. The van der Waals surface area contributed by atoms with Gasteiger partial charge in [0.15, 0.2) is 0 Å². The number of aromatic nitrogens is 4. The summed E-state index contributed by atoms with van der Waals surface area (Å²) in [6.45, 7) is 5.64. The molecule has 0 unspecified atom stereocenters. The quantitative estimate of drug-likeness (QED) is 0.557. The Bertz CT molecular complexity index is 1260. The molecule has 4 aromatic rings. The number of benzene rings is 2. The zero-order valence-corrected chi connectivity index (χ0v) is 17.2. The van der Waals surface area contributed by atoms with Crippen molar-refractivity contribution in [2.45, 2.75) is 33.7 Å². The Kier molecular flexibility index (Phi) is 5.18. The highest BCUT2D eigenvalue weighted by molar-refractivity contribution is 5.89. The SMILES string of the molecule is CC(=O)N(Cc1ccc(C)cc1)c1nc2nc(C)c(Cc3ccccc3)c(=O)n2[nH]1. The lowest BCUT2D eigenvalue weighted by molar-refractivity contribution is -0.116. The summed E-state index contributed by atoms with van der Waals surface area (Å²) >= 11 is 0. The van der Waals surface area contributed by atoms with E-state index in [1.807, 2.05) is 68.4 Å². The molecule has 0 aliphatic rings. The molecular weight excluding hydrogens is 378 g/mol. The van der Waals surface area contributed by atoms with Crippen LogP contribution < -0.4 is 10.5 Å². The molecule has 0 aliphatic carbocycles. The van der Waals surface area contributed by atoms with Gasteiger partial charge < -0.3 is 0 Å². The Labute approximate surface area is 174 Å². The fourth-order valence-corrected chi connectivity index (χ4v) is 3.38. The van der Waals surface area contributed by atoms with E-state index < -0.39 is 0 Å². The Morgan fingerprint density at radius 1 is 1.00 bits per heavy atom. The van der Waals surface area contributed by atoms with Gasteiger partial charge in [-0.05, 0) is 25.0 Å². The highest BCUT2D eigenvalue weighted by Gasteiger charge is 2.19. The first-order valence-electron chi connectivity index (χ1n) is 9.78. The first-order valence-corrected chi connectivity index (χ1v) is 9.78. The van der Waals surface area contributed by atoms with Crippen molar-refractivity contribution in [3.05, 3.63) is 92.9 Å². The number of amides is 1. The Morgan fingerprint density at radius 3 is 2.37 bits per heavy atom. The smallest absolute Gasteiger partial charge is 0.277 e. The molecule has 4 rings (SSSR count). The van der Waals surface area contributed by atoms with Crippen molar-refractivity contribution in [1.29, 1.82) is 0 Å². The third kappa shape index (κ3) is 3.87. The van der Waals surface area contributed by atoms with Crippen LogP contribution in [0.25, 0.3) is 5.78 Å². The van der Waals surface area contributed by atoms with Crippen molar-refractivity contribution in [3.63, 3.8) is 0 Å². The van der Waals surface area contributed by atoms with Crippen molar-refractivity contribution in [1.82, 2.24) is 19.6 Å². The molecule has 1 N–H and O–H groups in total. The van der Waals surface area contributed by atoms with Crippen molar-refractivity contribution in [2.24, 2.45) is 0 Å². The minimum atomic E-state index is -0.209. The number of aromatic amines is 1. The number of nitrogens with zero attached hydrogens (tertiary/aromatic N) is 4. The summed E-state index contributed by atoms with van der Waals surface area (Å²) in [4.78, 5) is 35.8. The zero-order chi connectivity index (χ0) is 21.3.